The van der Waals surface area contributed by atoms with E-state index in [1.54, 1.807) is 0 Å². The molecule has 1 unspecified atom stereocenters. The number of fused-ring (bicyclic) bond motifs is 2. The normalized spacial score (nSPS) is 20.8. The van der Waals surface area contributed by atoms with Crippen LogP contribution in [0.25, 0.3) is 0 Å². The summed E-state index contributed by atoms with van der Waals surface area (Å²) in [5.41, 5.74) is 2.79. The lowest BCUT2D eigenvalue weighted by molar-refractivity contribution is 0.0922. The molecule has 2 amide bonds. The molecule has 0 N–H and O–H groups in total. The molecule has 5 rings (SSSR count). The minimum absolute atomic E-state index is 0. The zero-order valence-electron chi connectivity index (χ0n) is 19.5. The maximum Gasteiger partial charge on any atom is 0.319 e. The van der Waals surface area contributed by atoms with Gasteiger partial charge in [0.25, 0.3) is 0 Å². The van der Waals surface area contributed by atoms with Gasteiger partial charge >= 0.3 is 6.03 Å². The van der Waals surface area contributed by atoms with Crippen molar-refractivity contribution in [3.05, 3.63) is 58.6 Å². The van der Waals surface area contributed by atoms with E-state index in [1.165, 1.54) is 20.9 Å². The third-order valence-corrected chi connectivity index (χ3v) is 8.43. The fraction of sp³-hybridized carbons (Fsp3) is 0.480. The molecule has 3 heterocycles. The van der Waals surface area contributed by atoms with Crippen molar-refractivity contribution in [2.24, 2.45) is 0 Å². The SMILES string of the molecule is CN1CCN(CCCN2CCN(C3Cc4ccccc4Sc4ccc(Cl)cc43)CC2)C1=O.Cl.Cl. The van der Waals surface area contributed by atoms with Crippen LogP contribution >= 0.6 is 48.2 Å². The molecule has 2 fully saturated rings. The minimum atomic E-state index is 0. The summed E-state index contributed by atoms with van der Waals surface area (Å²) in [6.07, 6.45) is 2.08. The summed E-state index contributed by atoms with van der Waals surface area (Å²) in [4.78, 5) is 23.7. The van der Waals surface area contributed by atoms with Gasteiger partial charge in [-0.15, -0.1) is 24.8 Å². The van der Waals surface area contributed by atoms with Crippen LogP contribution in [-0.4, -0.2) is 85.0 Å². The highest BCUT2D eigenvalue weighted by Gasteiger charge is 2.30. The summed E-state index contributed by atoms with van der Waals surface area (Å²) < 4.78 is 0. The lowest BCUT2D eigenvalue weighted by atomic mass is 9.96. The molecule has 186 valence electrons. The number of halogens is 3. The van der Waals surface area contributed by atoms with E-state index in [-0.39, 0.29) is 30.8 Å². The van der Waals surface area contributed by atoms with Gasteiger partial charge in [-0.3, -0.25) is 4.90 Å². The Morgan fingerprint density at radius 2 is 1.71 bits per heavy atom. The third-order valence-electron chi connectivity index (χ3n) is 6.99. The number of likely N-dealkylation sites (N-methyl/N-ethyl adjacent to an activating group) is 1. The Morgan fingerprint density at radius 1 is 0.941 bits per heavy atom. The van der Waals surface area contributed by atoms with E-state index >= 15 is 0 Å². The predicted molar refractivity (Wildman–Crippen MR) is 145 cm³/mol. The average Bonchev–Trinajstić information content (AvgIpc) is 3.03. The number of piperazine rings is 1. The van der Waals surface area contributed by atoms with Crippen molar-refractivity contribution in [2.75, 3.05) is 59.4 Å². The highest BCUT2D eigenvalue weighted by Crippen LogP contribution is 2.43. The molecule has 0 radical (unpaired) electrons. The summed E-state index contributed by atoms with van der Waals surface area (Å²) in [5, 5.41) is 0.820. The maximum absolute atomic E-state index is 12.1. The van der Waals surface area contributed by atoms with Crippen molar-refractivity contribution in [1.82, 2.24) is 19.6 Å². The van der Waals surface area contributed by atoms with Gasteiger partial charge in [0.1, 0.15) is 0 Å². The van der Waals surface area contributed by atoms with Crippen LogP contribution in [0.5, 0.6) is 0 Å². The summed E-state index contributed by atoms with van der Waals surface area (Å²) >= 11 is 8.30. The molecule has 2 saturated heterocycles. The van der Waals surface area contributed by atoms with Crippen LogP contribution in [0.15, 0.2) is 52.3 Å². The fourth-order valence-electron chi connectivity index (χ4n) is 5.10. The first kappa shape index (κ1) is 27.4. The third kappa shape index (κ3) is 5.97. The number of amides is 2. The number of benzene rings is 2. The van der Waals surface area contributed by atoms with E-state index in [2.05, 4.69) is 46.2 Å². The molecule has 1 atom stereocenters. The summed E-state index contributed by atoms with van der Waals surface area (Å²) in [7, 11) is 1.89. The molecule has 0 spiro atoms. The van der Waals surface area contributed by atoms with E-state index in [1.807, 2.05) is 34.7 Å². The minimum Gasteiger partial charge on any atom is -0.326 e. The Hall–Kier alpha value is -1.15. The van der Waals surface area contributed by atoms with Gasteiger partial charge in [-0.25, -0.2) is 4.79 Å². The van der Waals surface area contributed by atoms with E-state index in [0.717, 1.165) is 70.2 Å². The van der Waals surface area contributed by atoms with Crippen molar-refractivity contribution in [1.29, 1.82) is 0 Å². The van der Waals surface area contributed by atoms with Gasteiger partial charge in [0, 0.05) is 73.7 Å². The van der Waals surface area contributed by atoms with Crippen LogP contribution < -0.4 is 0 Å². The molecule has 9 heteroatoms. The lowest BCUT2D eigenvalue weighted by Gasteiger charge is -2.40. The van der Waals surface area contributed by atoms with Gasteiger partial charge in [0.15, 0.2) is 0 Å². The Labute approximate surface area is 224 Å². The lowest BCUT2D eigenvalue weighted by Crippen LogP contribution is -2.48. The first-order chi connectivity index (χ1) is 15.6. The zero-order valence-corrected chi connectivity index (χ0v) is 22.7. The number of hydrogen-bond acceptors (Lipinski definition) is 4. The predicted octanol–water partition coefficient (Wildman–Crippen LogP) is 5.31. The van der Waals surface area contributed by atoms with Gasteiger partial charge in [0.2, 0.25) is 0 Å². The smallest absolute Gasteiger partial charge is 0.319 e. The second-order valence-corrected chi connectivity index (χ2v) is 10.6. The van der Waals surface area contributed by atoms with Gasteiger partial charge in [-0.2, -0.15) is 0 Å². The van der Waals surface area contributed by atoms with Crippen LogP contribution in [0.1, 0.15) is 23.6 Å². The molecule has 2 aromatic rings. The van der Waals surface area contributed by atoms with Crippen LogP contribution in [0.4, 0.5) is 4.79 Å². The molecule has 0 aliphatic carbocycles. The number of nitrogens with zero attached hydrogens (tertiary/aromatic N) is 4. The second-order valence-electron chi connectivity index (χ2n) is 9.03. The number of rotatable bonds is 5. The molecule has 3 aliphatic rings. The number of carbonyl (C=O) groups is 1. The topological polar surface area (TPSA) is 30.0 Å². The number of carbonyl (C=O) groups excluding carboxylic acids is 1. The Kier molecular flexibility index (Phi) is 9.84. The first-order valence-corrected chi connectivity index (χ1v) is 12.8. The molecule has 0 saturated carbocycles. The Bertz CT molecular complexity index is 986. The van der Waals surface area contributed by atoms with Gasteiger partial charge in [-0.05, 0) is 54.8 Å². The number of hydrogen-bond donors (Lipinski definition) is 0. The highest BCUT2D eigenvalue weighted by atomic mass is 35.5. The maximum atomic E-state index is 12.1. The quantitative estimate of drug-likeness (QED) is 0.511. The molecular formula is C25H33Cl3N4OS. The van der Waals surface area contributed by atoms with Crippen molar-refractivity contribution < 1.29 is 4.79 Å². The van der Waals surface area contributed by atoms with Crippen LogP contribution in [0.2, 0.25) is 5.02 Å². The molecule has 2 aromatic carbocycles. The van der Waals surface area contributed by atoms with Crippen molar-refractivity contribution in [3.8, 4) is 0 Å². The van der Waals surface area contributed by atoms with Gasteiger partial charge in [-0.1, -0.05) is 41.6 Å². The highest BCUT2D eigenvalue weighted by molar-refractivity contribution is 7.99. The number of urea groups is 1. The zero-order chi connectivity index (χ0) is 22.1. The van der Waals surface area contributed by atoms with Crippen LogP contribution in [0.3, 0.4) is 0 Å². The van der Waals surface area contributed by atoms with Gasteiger partial charge in [0.05, 0.1) is 0 Å². The average molecular weight is 544 g/mol. The standard InChI is InChI=1S/C25H31ClN4OS.2ClH/c1-27-11-14-30(25(27)31)10-4-9-28-12-15-29(16-13-28)22-17-19-5-2-3-6-23(19)32-24-8-7-20(26)18-21(22)24;;/h2-3,5-8,18,22H,4,9-17H2,1H3;2*1H. The molecule has 0 aromatic heterocycles. The van der Waals surface area contributed by atoms with Crippen molar-refractivity contribution in [2.45, 2.75) is 28.7 Å². The van der Waals surface area contributed by atoms with Gasteiger partial charge < -0.3 is 14.7 Å². The second kappa shape index (κ2) is 12.2. The molecule has 3 aliphatic heterocycles. The summed E-state index contributed by atoms with van der Waals surface area (Å²) in [6, 6.07) is 15.7. The van der Waals surface area contributed by atoms with Crippen molar-refractivity contribution >= 4 is 54.2 Å². The largest absolute Gasteiger partial charge is 0.326 e. The van der Waals surface area contributed by atoms with Crippen molar-refractivity contribution in [3.63, 3.8) is 0 Å². The monoisotopic (exact) mass is 542 g/mol. The van der Waals surface area contributed by atoms with Crippen LogP contribution in [0, 0.1) is 0 Å². The molecule has 5 nitrogen and oxygen atoms in total. The van der Waals surface area contributed by atoms with E-state index in [0.29, 0.717) is 6.04 Å². The van der Waals surface area contributed by atoms with E-state index in [9.17, 15) is 4.79 Å². The van der Waals surface area contributed by atoms with E-state index < -0.39 is 0 Å². The molecular weight excluding hydrogens is 511 g/mol. The van der Waals surface area contributed by atoms with Crippen LogP contribution in [-0.2, 0) is 6.42 Å². The molecule has 0 bridgehead atoms. The Balaban J connectivity index is 0.00000162. The fourth-order valence-corrected chi connectivity index (χ4v) is 6.40. The summed E-state index contributed by atoms with van der Waals surface area (Å²) in [6.45, 7) is 7.94. The summed E-state index contributed by atoms with van der Waals surface area (Å²) in [5.74, 6) is 0. The first-order valence-electron chi connectivity index (χ1n) is 11.6. The molecule has 34 heavy (non-hydrogen) atoms. The Morgan fingerprint density at radius 3 is 2.44 bits per heavy atom. The van der Waals surface area contributed by atoms with E-state index in [4.69, 9.17) is 11.6 Å².